The van der Waals surface area contributed by atoms with Gasteiger partial charge in [0.2, 0.25) is 0 Å². The van der Waals surface area contributed by atoms with Gasteiger partial charge in [-0.3, -0.25) is 4.79 Å². The van der Waals surface area contributed by atoms with E-state index >= 15 is 0 Å². The molecule has 0 aromatic heterocycles. The SMILES string of the molecule is C#CCCCCCCCCC(=O)O.CC1C=CCC1. The molecule has 108 valence electrons. The summed E-state index contributed by atoms with van der Waals surface area (Å²) in [5, 5.41) is 8.36. The van der Waals surface area contributed by atoms with E-state index in [1.54, 1.807) is 0 Å². The van der Waals surface area contributed by atoms with Crippen LogP contribution in [-0.2, 0) is 4.79 Å². The van der Waals surface area contributed by atoms with Crippen molar-refractivity contribution in [2.45, 2.75) is 71.1 Å². The number of carboxylic acids is 1. The summed E-state index contributed by atoms with van der Waals surface area (Å²) in [4.78, 5) is 10.2. The minimum Gasteiger partial charge on any atom is -0.481 e. The van der Waals surface area contributed by atoms with Crippen molar-refractivity contribution in [2.24, 2.45) is 5.92 Å². The van der Waals surface area contributed by atoms with Crippen molar-refractivity contribution < 1.29 is 9.90 Å². The Bertz CT molecular complexity index is 286. The molecule has 1 atom stereocenters. The zero-order valence-corrected chi connectivity index (χ0v) is 12.2. The van der Waals surface area contributed by atoms with Crippen LogP contribution in [0.1, 0.15) is 71.1 Å². The molecule has 1 N–H and O–H groups in total. The van der Waals surface area contributed by atoms with Gasteiger partial charge in [0.1, 0.15) is 0 Å². The van der Waals surface area contributed by atoms with Gasteiger partial charge in [0.15, 0.2) is 0 Å². The van der Waals surface area contributed by atoms with Crippen LogP contribution in [-0.4, -0.2) is 11.1 Å². The first-order valence-corrected chi connectivity index (χ1v) is 7.48. The fourth-order valence-electron chi connectivity index (χ4n) is 1.99. The molecule has 0 aromatic rings. The van der Waals surface area contributed by atoms with Gasteiger partial charge >= 0.3 is 5.97 Å². The molecule has 1 aliphatic rings. The predicted molar refractivity (Wildman–Crippen MR) is 80.9 cm³/mol. The molecule has 0 spiro atoms. The van der Waals surface area contributed by atoms with Crippen molar-refractivity contribution in [1.82, 2.24) is 0 Å². The molecule has 1 rings (SSSR count). The highest BCUT2D eigenvalue weighted by Crippen LogP contribution is 2.14. The van der Waals surface area contributed by atoms with E-state index in [1.165, 1.54) is 25.7 Å². The fourth-order valence-corrected chi connectivity index (χ4v) is 1.99. The molecular weight excluding hydrogens is 236 g/mol. The number of hydrogen-bond acceptors (Lipinski definition) is 1. The molecule has 19 heavy (non-hydrogen) atoms. The Morgan fingerprint density at radius 1 is 1.26 bits per heavy atom. The molecule has 1 aliphatic carbocycles. The summed E-state index contributed by atoms with van der Waals surface area (Å²) < 4.78 is 0. The Labute approximate surface area is 118 Å². The first-order valence-electron chi connectivity index (χ1n) is 7.48. The van der Waals surface area contributed by atoms with Crippen LogP contribution in [0.15, 0.2) is 12.2 Å². The zero-order chi connectivity index (χ0) is 14.3. The third-order valence-corrected chi connectivity index (χ3v) is 3.22. The van der Waals surface area contributed by atoms with Crippen molar-refractivity contribution in [3.8, 4) is 12.3 Å². The van der Waals surface area contributed by atoms with Crippen LogP contribution in [0, 0.1) is 18.3 Å². The van der Waals surface area contributed by atoms with Crippen molar-refractivity contribution in [3.63, 3.8) is 0 Å². The fraction of sp³-hybridized carbons (Fsp3) is 0.706. The van der Waals surface area contributed by atoms with E-state index in [4.69, 9.17) is 11.5 Å². The highest BCUT2D eigenvalue weighted by atomic mass is 16.4. The van der Waals surface area contributed by atoms with Crippen LogP contribution in [0.4, 0.5) is 0 Å². The van der Waals surface area contributed by atoms with Gasteiger partial charge in [0.05, 0.1) is 0 Å². The molecule has 0 aliphatic heterocycles. The van der Waals surface area contributed by atoms with Gasteiger partial charge in [-0.05, 0) is 31.6 Å². The molecule has 0 bridgehead atoms. The van der Waals surface area contributed by atoms with Crippen molar-refractivity contribution in [2.75, 3.05) is 0 Å². The van der Waals surface area contributed by atoms with E-state index in [-0.39, 0.29) is 0 Å². The lowest BCUT2D eigenvalue weighted by atomic mass is 10.1. The lowest BCUT2D eigenvalue weighted by Crippen LogP contribution is -1.93. The highest BCUT2D eigenvalue weighted by Gasteiger charge is 1.99. The standard InChI is InChI=1S/C11H18O2.C6H10/c1-2-3-4-5-6-7-8-9-10-11(12)13;1-6-4-2-3-5-6/h1H,3-10H2,(H,12,13);2,4,6H,3,5H2,1H3. The number of hydrogen-bond donors (Lipinski definition) is 1. The lowest BCUT2D eigenvalue weighted by Gasteiger charge is -1.98. The molecule has 2 nitrogen and oxygen atoms in total. The van der Waals surface area contributed by atoms with Crippen LogP contribution >= 0.6 is 0 Å². The Morgan fingerprint density at radius 2 is 1.89 bits per heavy atom. The summed E-state index contributed by atoms with van der Waals surface area (Å²) >= 11 is 0. The lowest BCUT2D eigenvalue weighted by molar-refractivity contribution is -0.137. The van der Waals surface area contributed by atoms with Crippen molar-refractivity contribution in [1.29, 1.82) is 0 Å². The second kappa shape index (κ2) is 13.2. The smallest absolute Gasteiger partial charge is 0.303 e. The first-order chi connectivity index (χ1) is 9.16. The van der Waals surface area contributed by atoms with Gasteiger partial charge in [-0.1, -0.05) is 44.8 Å². The molecule has 1 unspecified atom stereocenters. The molecular formula is C17H28O2. The van der Waals surface area contributed by atoms with Crippen LogP contribution in [0.25, 0.3) is 0 Å². The molecule has 0 fully saturated rings. The maximum absolute atomic E-state index is 10.2. The largest absolute Gasteiger partial charge is 0.481 e. The number of carboxylic acid groups (broad SMARTS) is 1. The monoisotopic (exact) mass is 264 g/mol. The summed E-state index contributed by atoms with van der Waals surface area (Å²) in [6.45, 7) is 2.25. The molecule has 0 radical (unpaired) electrons. The third-order valence-electron chi connectivity index (χ3n) is 3.22. The molecule has 2 heteroatoms. The predicted octanol–water partition coefficient (Wildman–Crippen LogP) is 4.80. The minimum atomic E-state index is -0.688. The summed E-state index contributed by atoms with van der Waals surface area (Å²) in [6, 6.07) is 0. The first kappa shape index (κ1) is 17.8. The van der Waals surface area contributed by atoms with E-state index in [0.717, 1.165) is 38.0 Å². The van der Waals surface area contributed by atoms with E-state index in [1.807, 2.05) is 0 Å². The Kier molecular flexibility index (Phi) is 12.4. The van der Waals surface area contributed by atoms with Crippen LogP contribution in [0.5, 0.6) is 0 Å². The third kappa shape index (κ3) is 14.7. The van der Waals surface area contributed by atoms with Gasteiger partial charge in [-0.25, -0.2) is 0 Å². The average Bonchev–Trinajstić information content (AvgIpc) is 2.84. The van der Waals surface area contributed by atoms with Gasteiger partial charge in [-0.15, -0.1) is 12.3 Å². The van der Waals surface area contributed by atoms with E-state index in [2.05, 4.69) is 25.0 Å². The highest BCUT2D eigenvalue weighted by molar-refractivity contribution is 5.66. The van der Waals surface area contributed by atoms with E-state index in [9.17, 15) is 4.79 Å². The summed E-state index contributed by atoms with van der Waals surface area (Å²) in [6.07, 6.45) is 19.9. The summed E-state index contributed by atoms with van der Waals surface area (Å²) in [5.74, 6) is 2.79. The van der Waals surface area contributed by atoms with Gasteiger partial charge in [-0.2, -0.15) is 0 Å². The van der Waals surface area contributed by atoms with Crippen LogP contribution in [0.3, 0.4) is 0 Å². The summed E-state index contributed by atoms with van der Waals surface area (Å²) in [5.41, 5.74) is 0. The molecule has 0 heterocycles. The van der Waals surface area contributed by atoms with Crippen molar-refractivity contribution in [3.05, 3.63) is 12.2 Å². The van der Waals surface area contributed by atoms with Crippen LogP contribution < -0.4 is 0 Å². The second-order valence-electron chi connectivity index (χ2n) is 5.20. The topological polar surface area (TPSA) is 37.3 Å². The average molecular weight is 264 g/mol. The minimum absolute atomic E-state index is 0.310. The van der Waals surface area contributed by atoms with Gasteiger partial charge in [0.25, 0.3) is 0 Å². The number of rotatable bonds is 8. The van der Waals surface area contributed by atoms with Crippen molar-refractivity contribution >= 4 is 5.97 Å². The van der Waals surface area contributed by atoms with Gasteiger partial charge < -0.3 is 5.11 Å². The Hall–Kier alpha value is -1.23. The maximum atomic E-state index is 10.2. The molecule has 0 aromatic carbocycles. The van der Waals surface area contributed by atoms with Gasteiger partial charge in [0, 0.05) is 12.8 Å². The quantitative estimate of drug-likeness (QED) is 0.388. The number of allylic oxidation sites excluding steroid dienone is 2. The molecule has 0 amide bonds. The number of terminal acetylenes is 1. The zero-order valence-electron chi connectivity index (χ0n) is 12.2. The normalized spacial score (nSPS) is 16.5. The van der Waals surface area contributed by atoms with E-state index in [0.29, 0.717) is 6.42 Å². The Morgan fingerprint density at radius 3 is 2.32 bits per heavy atom. The molecule has 0 saturated heterocycles. The molecule has 0 saturated carbocycles. The Balaban J connectivity index is 0.000000443. The summed E-state index contributed by atoms with van der Waals surface area (Å²) in [7, 11) is 0. The van der Waals surface area contributed by atoms with E-state index < -0.39 is 5.97 Å². The van der Waals surface area contributed by atoms with Crippen LogP contribution in [0.2, 0.25) is 0 Å². The second-order valence-corrected chi connectivity index (χ2v) is 5.20. The maximum Gasteiger partial charge on any atom is 0.303 e. The number of unbranched alkanes of at least 4 members (excludes halogenated alkanes) is 6. The number of carbonyl (C=O) groups is 1. The number of aliphatic carboxylic acids is 1.